The van der Waals surface area contributed by atoms with Gasteiger partial charge in [-0.15, -0.1) is 0 Å². The van der Waals surface area contributed by atoms with Gasteiger partial charge in [-0.25, -0.2) is 4.79 Å². The van der Waals surface area contributed by atoms with Crippen LogP contribution >= 0.6 is 0 Å². The molecule has 0 bridgehead atoms. The lowest BCUT2D eigenvalue weighted by atomic mass is 10.0. The molecule has 31 heavy (non-hydrogen) atoms. The van der Waals surface area contributed by atoms with E-state index in [-0.39, 0.29) is 17.1 Å². The van der Waals surface area contributed by atoms with E-state index in [9.17, 15) is 22.8 Å². The molecule has 2 aromatic carbocycles. The maximum Gasteiger partial charge on any atom is 0.416 e. The molecule has 3 rings (SSSR count). The number of carbonyl (C=O) groups excluding carboxylic acids is 2. The molecule has 0 aliphatic heterocycles. The predicted octanol–water partition coefficient (Wildman–Crippen LogP) is 6.20. The van der Waals surface area contributed by atoms with E-state index in [2.05, 4.69) is 0 Å². The Balaban J connectivity index is 1.59. The Kier molecular flexibility index (Phi) is 7.50. The lowest BCUT2D eigenvalue weighted by Gasteiger charge is -2.11. The van der Waals surface area contributed by atoms with Crippen LogP contribution in [0.5, 0.6) is 11.5 Å². The van der Waals surface area contributed by atoms with E-state index in [1.54, 1.807) is 12.1 Å². The molecule has 0 N–H and O–H groups in total. The van der Waals surface area contributed by atoms with E-state index in [1.807, 2.05) is 0 Å². The van der Waals surface area contributed by atoms with Gasteiger partial charge in [0.1, 0.15) is 0 Å². The molecule has 0 atom stereocenters. The Morgan fingerprint density at radius 1 is 0.968 bits per heavy atom. The van der Waals surface area contributed by atoms with E-state index in [0.29, 0.717) is 12.3 Å². The third-order valence-corrected chi connectivity index (χ3v) is 5.14. The Bertz CT molecular complexity index is 944. The Morgan fingerprint density at radius 3 is 2.32 bits per heavy atom. The van der Waals surface area contributed by atoms with Crippen molar-refractivity contribution >= 4 is 18.0 Å². The van der Waals surface area contributed by atoms with Crippen LogP contribution in [0.1, 0.15) is 49.7 Å². The molecule has 1 fully saturated rings. The van der Waals surface area contributed by atoms with E-state index in [4.69, 9.17) is 9.47 Å². The molecule has 0 saturated heterocycles. The summed E-state index contributed by atoms with van der Waals surface area (Å²) in [5.74, 6) is -0.446. The fraction of sp³-hybridized carbons (Fsp3) is 0.333. The minimum atomic E-state index is -4.47. The van der Waals surface area contributed by atoms with Gasteiger partial charge in [-0.2, -0.15) is 13.2 Å². The smallest absolute Gasteiger partial charge is 0.416 e. The third kappa shape index (κ3) is 6.98. The van der Waals surface area contributed by atoms with Crippen LogP contribution in [0, 0.1) is 5.92 Å². The second kappa shape index (κ2) is 10.3. The summed E-state index contributed by atoms with van der Waals surface area (Å²) in [4.78, 5) is 24.3. The average molecular weight is 432 g/mol. The number of para-hydroxylation sites is 2. The quantitative estimate of drug-likeness (QED) is 0.297. The van der Waals surface area contributed by atoms with Crippen LogP contribution in [-0.4, -0.2) is 11.9 Å². The molecular weight excluding hydrogens is 409 g/mol. The van der Waals surface area contributed by atoms with Gasteiger partial charge in [0.05, 0.1) is 5.56 Å². The second-order valence-corrected chi connectivity index (χ2v) is 7.49. The van der Waals surface area contributed by atoms with Gasteiger partial charge in [-0.05, 0) is 48.2 Å². The van der Waals surface area contributed by atoms with Gasteiger partial charge in [0.15, 0.2) is 11.5 Å². The van der Waals surface area contributed by atoms with E-state index < -0.39 is 23.7 Å². The van der Waals surface area contributed by atoms with E-state index >= 15 is 0 Å². The van der Waals surface area contributed by atoms with Crippen molar-refractivity contribution in [3.63, 3.8) is 0 Å². The maximum atomic E-state index is 12.8. The first kappa shape index (κ1) is 22.6. The molecule has 1 saturated carbocycles. The van der Waals surface area contributed by atoms with Gasteiger partial charge in [0.25, 0.3) is 0 Å². The summed E-state index contributed by atoms with van der Waals surface area (Å²) >= 11 is 0. The molecule has 0 spiro atoms. The zero-order chi connectivity index (χ0) is 22.3. The summed E-state index contributed by atoms with van der Waals surface area (Å²) in [6.45, 7) is 0. The highest BCUT2D eigenvalue weighted by molar-refractivity contribution is 5.89. The zero-order valence-electron chi connectivity index (χ0n) is 16.9. The van der Waals surface area contributed by atoms with E-state index in [1.165, 1.54) is 43.2 Å². The number of carbonyl (C=O) groups is 2. The molecule has 0 heterocycles. The third-order valence-electron chi connectivity index (χ3n) is 5.14. The molecule has 7 heteroatoms. The monoisotopic (exact) mass is 432 g/mol. The summed E-state index contributed by atoms with van der Waals surface area (Å²) in [6, 6.07) is 10.9. The van der Waals surface area contributed by atoms with Gasteiger partial charge in [0, 0.05) is 12.5 Å². The van der Waals surface area contributed by atoms with Crippen LogP contribution in [0.2, 0.25) is 0 Å². The lowest BCUT2D eigenvalue weighted by molar-refractivity contribution is -0.137. The first-order chi connectivity index (χ1) is 14.8. The Labute approximate surface area is 178 Å². The van der Waals surface area contributed by atoms with Crippen LogP contribution in [0.4, 0.5) is 13.2 Å². The highest BCUT2D eigenvalue weighted by Gasteiger charge is 2.30. The topological polar surface area (TPSA) is 52.6 Å². The van der Waals surface area contributed by atoms with Crippen molar-refractivity contribution in [1.29, 1.82) is 0 Å². The normalized spacial score (nSPS) is 14.7. The van der Waals surface area contributed by atoms with Crippen LogP contribution in [0.25, 0.3) is 6.08 Å². The predicted molar refractivity (Wildman–Crippen MR) is 109 cm³/mol. The maximum absolute atomic E-state index is 12.8. The number of rotatable bonds is 7. The molecule has 164 valence electrons. The minimum Gasteiger partial charge on any atom is -0.423 e. The number of benzene rings is 2. The molecular formula is C24H23F3O4. The zero-order valence-corrected chi connectivity index (χ0v) is 16.9. The van der Waals surface area contributed by atoms with Crippen LogP contribution in [0.15, 0.2) is 54.6 Å². The fourth-order valence-electron chi connectivity index (χ4n) is 3.54. The van der Waals surface area contributed by atoms with Crippen molar-refractivity contribution in [3.8, 4) is 11.5 Å². The molecule has 2 aromatic rings. The van der Waals surface area contributed by atoms with Crippen molar-refractivity contribution in [2.45, 2.75) is 44.7 Å². The standard InChI is InChI=1S/C24H23F3O4/c25-24(26,27)19-9-5-8-18(16-19)13-15-23(29)31-21-11-4-3-10-20(21)30-22(28)14-12-17-6-1-2-7-17/h3-5,8-11,13,15-17H,1-2,6-7,12,14H2/b15-13+. The Morgan fingerprint density at radius 2 is 1.65 bits per heavy atom. The number of esters is 2. The molecule has 4 nitrogen and oxygen atoms in total. The summed E-state index contributed by atoms with van der Waals surface area (Å²) < 4.78 is 48.9. The number of hydrogen-bond acceptors (Lipinski definition) is 4. The van der Waals surface area contributed by atoms with Gasteiger partial charge in [-0.3, -0.25) is 4.79 Å². The second-order valence-electron chi connectivity index (χ2n) is 7.49. The van der Waals surface area contributed by atoms with Crippen LogP contribution < -0.4 is 9.47 Å². The van der Waals surface area contributed by atoms with Crippen molar-refractivity contribution in [1.82, 2.24) is 0 Å². The van der Waals surface area contributed by atoms with Gasteiger partial charge < -0.3 is 9.47 Å². The van der Waals surface area contributed by atoms with Crippen molar-refractivity contribution in [2.24, 2.45) is 5.92 Å². The first-order valence-electron chi connectivity index (χ1n) is 10.2. The number of alkyl halides is 3. The lowest BCUT2D eigenvalue weighted by Crippen LogP contribution is -2.12. The highest BCUT2D eigenvalue weighted by atomic mass is 19.4. The van der Waals surface area contributed by atoms with Gasteiger partial charge >= 0.3 is 18.1 Å². The van der Waals surface area contributed by atoms with Gasteiger partial charge in [-0.1, -0.05) is 49.9 Å². The summed E-state index contributed by atoms with van der Waals surface area (Å²) in [7, 11) is 0. The molecule has 0 aromatic heterocycles. The number of ether oxygens (including phenoxy) is 2. The average Bonchev–Trinajstić information content (AvgIpc) is 3.26. The van der Waals surface area contributed by atoms with Gasteiger partial charge in [0.2, 0.25) is 0 Å². The first-order valence-corrected chi connectivity index (χ1v) is 10.2. The highest BCUT2D eigenvalue weighted by Crippen LogP contribution is 2.31. The molecule has 0 amide bonds. The fourth-order valence-corrected chi connectivity index (χ4v) is 3.54. The largest absolute Gasteiger partial charge is 0.423 e. The molecule has 1 aliphatic rings. The number of halogens is 3. The van der Waals surface area contributed by atoms with Crippen molar-refractivity contribution in [3.05, 3.63) is 65.7 Å². The SMILES string of the molecule is O=C(/C=C/c1cccc(C(F)(F)F)c1)Oc1ccccc1OC(=O)CCC1CCCC1. The van der Waals surface area contributed by atoms with Crippen LogP contribution in [-0.2, 0) is 15.8 Å². The van der Waals surface area contributed by atoms with Crippen molar-refractivity contribution in [2.75, 3.05) is 0 Å². The molecule has 0 radical (unpaired) electrons. The summed E-state index contributed by atoms with van der Waals surface area (Å²) in [6.07, 6.45) is 3.54. The van der Waals surface area contributed by atoms with Crippen molar-refractivity contribution < 1.29 is 32.2 Å². The van der Waals surface area contributed by atoms with E-state index in [0.717, 1.165) is 37.5 Å². The number of hydrogen-bond donors (Lipinski definition) is 0. The molecule has 1 aliphatic carbocycles. The minimum absolute atomic E-state index is 0.0652. The Hall–Kier alpha value is -3.09. The summed E-state index contributed by atoms with van der Waals surface area (Å²) in [5.41, 5.74) is -0.601. The van der Waals surface area contributed by atoms with Crippen LogP contribution in [0.3, 0.4) is 0 Å². The molecule has 0 unspecified atom stereocenters. The summed E-state index contributed by atoms with van der Waals surface area (Å²) in [5, 5.41) is 0.